The lowest BCUT2D eigenvalue weighted by molar-refractivity contribution is 0.0667. The number of nitrogens with zero attached hydrogens (tertiary/aromatic N) is 5. The van der Waals surface area contributed by atoms with E-state index in [0.717, 1.165) is 35.1 Å². The predicted molar refractivity (Wildman–Crippen MR) is 95.9 cm³/mol. The Balaban J connectivity index is 1.50. The second-order valence-corrected chi connectivity index (χ2v) is 7.01. The van der Waals surface area contributed by atoms with E-state index in [2.05, 4.69) is 36.2 Å². The van der Waals surface area contributed by atoms with Crippen LogP contribution in [0.2, 0.25) is 0 Å². The molecule has 1 N–H and O–H groups in total. The van der Waals surface area contributed by atoms with Gasteiger partial charge in [0.25, 0.3) is 5.91 Å². The van der Waals surface area contributed by atoms with Gasteiger partial charge in [-0.25, -0.2) is 9.67 Å². The van der Waals surface area contributed by atoms with Crippen LogP contribution in [-0.2, 0) is 0 Å². The van der Waals surface area contributed by atoms with Gasteiger partial charge in [0.15, 0.2) is 0 Å². The topological polar surface area (TPSA) is 79.7 Å². The summed E-state index contributed by atoms with van der Waals surface area (Å²) in [5.41, 5.74) is 2.25. The van der Waals surface area contributed by atoms with E-state index in [4.69, 9.17) is 0 Å². The minimum Gasteiger partial charge on any atom is -0.335 e. The maximum Gasteiger partial charge on any atom is 0.271 e. The lowest BCUT2D eigenvalue weighted by Gasteiger charge is -2.32. The second-order valence-electron chi connectivity index (χ2n) is 6.10. The number of piperidine rings is 1. The van der Waals surface area contributed by atoms with Crippen LogP contribution in [0.15, 0.2) is 47.5 Å². The van der Waals surface area contributed by atoms with Crippen molar-refractivity contribution in [2.75, 3.05) is 13.1 Å². The van der Waals surface area contributed by atoms with Crippen molar-refractivity contribution in [3.63, 3.8) is 0 Å². The predicted octanol–water partition coefficient (Wildman–Crippen LogP) is 2.91. The number of H-pyrrole nitrogens is 1. The van der Waals surface area contributed by atoms with Gasteiger partial charge in [-0.1, -0.05) is 28.1 Å². The molecule has 0 saturated carbocycles. The first-order valence-corrected chi connectivity index (χ1v) is 8.95. The van der Waals surface area contributed by atoms with Gasteiger partial charge in [-0.05, 0) is 31.0 Å². The molecule has 3 heterocycles. The van der Waals surface area contributed by atoms with E-state index in [9.17, 15) is 4.79 Å². The quantitative estimate of drug-likeness (QED) is 0.732. The first-order valence-electron chi connectivity index (χ1n) is 8.15. The fraction of sp³-hybridized carbons (Fsp3) is 0.294. The van der Waals surface area contributed by atoms with Crippen LogP contribution in [0.25, 0.3) is 11.3 Å². The second kappa shape index (κ2) is 6.79. The summed E-state index contributed by atoms with van der Waals surface area (Å²) < 4.78 is 2.84. The molecule has 1 amide bonds. The minimum atomic E-state index is -0.0272. The molecule has 0 bridgehead atoms. The normalized spacial score (nSPS) is 17.6. The van der Waals surface area contributed by atoms with E-state index in [1.807, 2.05) is 39.9 Å². The van der Waals surface area contributed by atoms with Gasteiger partial charge < -0.3 is 4.90 Å². The van der Waals surface area contributed by atoms with Crippen LogP contribution in [0.3, 0.4) is 0 Å². The SMILES string of the molecule is O=C(c1cc(-c2ccc(Br)cc2)n[nH]1)N1CCCC(n2cncn2)C1. The number of hydrogen-bond donors (Lipinski definition) is 1. The summed E-state index contributed by atoms with van der Waals surface area (Å²) in [4.78, 5) is 18.7. The van der Waals surface area contributed by atoms with Crippen molar-refractivity contribution in [2.24, 2.45) is 0 Å². The molecule has 4 rings (SSSR count). The molecule has 0 aliphatic carbocycles. The van der Waals surface area contributed by atoms with Crippen LogP contribution in [0, 0.1) is 0 Å². The molecule has 8 heteroatoms. The van der Waals surface area contributed by atoms with Gasteiger partial charge >= 0.3 is 0 Å². The van der Waals surface area contributed by atoms with E-state index >= 15 is 0 Å². The van der Waals surface area contributed by atoms with E-state index in [1.165, 1.54) is 6.33 Å². The summed E-state index contributed by atoms with van der Waals surface area (Å²) in [6, 6.07) is 9.84. The third-order valence-corrected chi connectivity index (χ3v) is 4.97. The molecule has 25 heavy (non-hydrogen) atoms. The van der Waals surface area contributed by atoms with Crippen molar-refractivity contribution in [1.29, 1.82) is 0 Å². The Morgan fingerprint density at radius 3 is 2.88 bits per heavy atom. The number of halogens is 1. The largest absolute Gasteiger partial charge is 0.335 e. The van der Waals surface area contributed by atoms with Crippen molar-refractivity contribution >= 4 is 21.8 Å². The van der Waals surface area contributed by atoms with Gasteiger partial charge in [-0.3, -0.25) is 9.89 Å². The number of carbonyl (C=O) groups is 1. The summed E-state index contributed by atoms with van der Waals surface area (Å²) in [6.45, 7) is 1.38. The van der Waals surface area contributed by atoms with Crippen LogP contribution in [0.4, 0.5) is 0 Å². The van der Waals surface area contributed by atoms with Gasteiger partial charge in [0.1, 0.15) is 18.3 Å². The summed E-state index contributed by atoms with van der Waals surface area (Å²) in [6.07, 6.45) is 5.19. The standard InChI is InChI=1S/C17H17BrN6O/c18-13-5-3-12(4-6-13)15-8-16(22-21-15)17(25)23-7-1-2-14(9-23)24-11-19-10-20-24/h3-6,8,10-11,14H,1-2,7,9H2,(H,21,22). The molecule has 3 aromatic rings. The van der Waals surface area contributed by atoms with Crippen LogP contribution in [0.1, 0.15) is 29.4 Å². The molecule has 2 aromatic heterocycles. The van der Waals surface area contributed by atoms with Crippen LogP contribution in [-0.4, -0.2) is 48.9 Å². The molecule has 1 atom stereocenters. The van der Waals surface area contributed by atoms with Crippen LogP contribution >= 0.6 is 15.9 Å². The summed E-state index contributed by atoms with van der Waals surface area (Å²) in [7, 11) is 0. The van der Waals surface area contributed by atoms with Crippen molar-refractivity contribution in [3.8, 4) is 11.3 Å². The van der Waals surface area contributed by atoms with Gasteiger partial charge in [0, 0.05) is 23.1 Å². The maximum absolute atomic E-state index is 12.8. The minimum absolute atomic E-state index is 0.0272. The van der Waals surface area contributed by atoms with Crippen molar-refractivity contribution in [1.82, 2.24) is 29.9 Å². The number of likely N-dealkylation sites (tertiary alicyclic amines) is 1. The Morgan fingerprint density at radius 2 is 2.12 bits per heavy atom. The molecular weight excluding hydrogens is 384 g/mol. The average molecular weight is 401 g/mol. The fourth-order valence-corrected chi connectivity index (χ4v) is 3.40. The summed E-state index contributed by atoms with van der Waals surface area (Å²) in [5.74, 6) is -0.0272. The Labute approximate surface area is 153 Å². The van der Waals surface area contributed by atoms with Crippen LogP contribution in [0.5, 0.6) is 0 Å². The van der Waals surface area contributed by atoms with Gasteiger partial charge in [0.2, 0.25) is 0 Å². The third kappa shape index (κ3) is 3.34. The van der Waals surface area contributed by atoms with E-state index in [0.29, 0.717) is 12.2 Å². The fourth-order valence-electron chi connectivity index (χ4n) is 3.13. The number of nitrogens with one attached hydrogen (secondary N) is 1. The van der Waals surface area contributed by atoms with Crippen molar-refractivity contribution in [2.45, 2.75) is 18.9 Å². The molecule has 0 radical (unpaired) electrons. The highest BCUT2D eigenvalue weighted by Gasteiger charge is 2.27. The first kappa shape index (κ1) is 16.0. The van der Waals surface area contributed by atoms with Crippen LogP contribution < -0.4 is 0 Å². The lowest BCUT2D eigenvalue weighted by atomic mass is 10.1. The number of hydrogen-bond acceptors (Lipinski definition) is 4. The number of benzene rings is 1. The third-order valence-electron chi connectivity index (χ3n) is 4.44. The smallest absolute Gasteiger partial charge is 0.271 e. The number of aromatic nitrogens is 5. The molecule has 128 valence electrons. The monoisotopic (exact) mass is 400 g/mol. The molecule has 1 aliphatic heterocycles. The van der Waals surface area contributed by atoms with Gasteiger partial charge in [0.05, 0.1) is 11.7 Å². The molecule has 1 aromatic carbocycles. The average Bonchev–Trinajstić information content (AvgIpc) is 3.34. The number of amides is 1. The lowest BCUT2D eigenvalue weighted by Crippen LogP contribution is -2.41. The Kier molecular flexibility index (Phi) is 4.35. The molecule has 0 spiro atoms. The van der Waals surface area contributed by atoms with Crippen molar-refractivity contribution < 1.29 is 4.79 Å². The number of rotatable bonds is 3. The summed E-state index contributed by atoms with van der Waals surface area (Å²) in [5, 5.41) is 11.4. The summed E-state index contributed by atoms with van der Waals surface area (Å²) >= 11 is 3.42. The van der Waals surface area contributed by atoms with Gasteiger partial charge in [-0.15, -0.1) is 0 Å². The molecule has 1 saturated heterocycles. The van der Waals surface area contributed by atoms with E-state index in [-0.39, 0.29) is 11.9 Å². The first-order chi connectivity index (χ1) is 12.2. The molecular formula is C17H17BrN6O. The highest BCUT2D eigenvalue weighted by molar-refractivity contribution is 9.10. The zero-order valence-electron chi connectivity index (χ0n) is 13.5. The molecule has 1 aliphatic rings. The molecule has 1 fully saturated rings. The Hall–Kier alpha value is -2.48. The van der Waals surface area contributed by atoms with E-state index < -0.39 is 0 Å². The number of aromatic amines is 1. The molecule has 7 nitrogen and oxygen atoms in total. The zero-order chi connectivity index (χ0) is 17.2. The Morgan fingerprint density at radius 1 is 1.28 bits per heavy atom. The Bertz CT molecular complexity index is 858. The van der Waals surface area contributed by atoms with Gasteiger partial charge in [-0.2, -0.15) is 10.2 Å². The van der Waals surface area contributed by atoms with Crippen molar-refractivity contribution in [3.05, 3.63) is 53.2 Å². The highest BCUT2D eigenvalue weighted by Crippen LogP contribution is 2.24. The molecule has 1 unspecified atom stereocenters. The zero-order valence-corrected chi connectivity index (χ0v) is 15.1. The maximum atomic E-state index is 12.8. The van der Waals surface area contributed by atoms with E-state index in [1.54, 1.807) is 6.33 Å². The highest BCUT2D eigenvalue weighted by atomic mass is 79.9. The number of carbonyl (C=O) groups excluding carboxylic acids is 1.